The first-order valence-corrected chi connectivity index (χ1v) is 6.81. The molecule has 0 unspecified atom stereocenters. The van der Waals surface area contributed by atoms with Gasteiger partial charge >= 0.3 is 0 Å². The Morgan fingerprint density at radius 1 is 1.47 bits per heavy atom. The van der Waals surface area contributed by atoms with Gasteiger partial charge in [0.25, 0.3) is 0 Å². The van der Waals surface area contributed by atoms with Crippen LogP contribution in [0.25, 0.3) is 0 Å². The molecule has 2 rings (SSSR count). The number of fused-ring (bicyclic) bond motifs is 1. The van der Waals surface area contributed by atoms with E-state index in [2.05, 4.69) is 5.32 Å². The Hall–Kier alpha value is -1.39. The van der Waals surface area contributed by atoms with Gasteiger partial charge in [-0.15, -0.1) is 0 Å². The number of amides is 1. The molecule has 0 saturated carbocycles. The minimum absolute atomic E-state index is 0.186. The van der Waals surface area contributed by atoms with Gasteiger partial charge in [0.15, 0.2) is 0 Å². The maximum absolute atomic E-state index is 12.0. The quantitative estimate of drug-likeness (QED) is 0.761. The largest absolute Gasteiger partial charge is 0.390 e. The topological polar surface area (TPSA) is 75.4 Å². The average Bonchev–Trinajstić information content (AvgIpc) is 2.65. The highest BCUT2D eigenvalue weighted by Gasteiger charge is 2.32. The van der Waals surface area contributed by atoms with E-state index in [0.29, 0.717) is 18.8 Å². The lowest BCUT2D eigenvalue weighted by Gasteiger charge is -2.21. The third kappa shape index (κ3) is 3.14. The van der Waals surface area contributed by atoms with E-state index in [1.54, 1.807) is 0 Å². The molecule has 3 atom stereocenters. The van der Waals surface area contributed by atoms with E-state index in [-0.39, 0.29) is 11.9 Å². The van der Waals surface area contributed by atoms with Crippen LogP contribution in [-0.4, -0.2) is 23.2 Å². The monoisotopic (exact) mass is 262 g/mol. The Labute approximate surface area is 114 Å². The number of hydrogen-bond acceptors (Lipinski definition) is 3. The molecule has 0 spiro atoms. The summed E-state index contributed by atoms with van der Waals surface area (Å²) in [5.74, 6) is 0.191. The van der Waals surface area contributed by atoms with Crippen LogP contribution in [-0.2, 0) is 11.2 Å². The van der Waals surface area contributed by atoms with Gasteiger partial charge in [0.1, 0.15) is 0 Å². The van der Waals surface area contributed by atoms with Crippen molar-refractivity contribution in [1.29, 1.82) is 0 Å². The summed E-state index contributed by atoms with van der Waals surface area (Å²) in [4.78, 5) is 12.0. The molecule has 1 amide bonds. The molecular formula is C15H22N2O2. The molecule has 1 aromatic rings. The molecule has 19 heavy (non-hydrogen) atoms. The summed E-state index contributed by atoms with van der Waals surface area (Å²) in [5, 5.41) is 12.9. The van der Waals surface area contributed by atoms with Crippen LogP contribution >= 0.6 is 0 Å². The van der Waals surface area contributed by atoms with Crippen LogP contribution in [0.3, 0.4) is 0 Å². The minimum Gasteiger partial charge on any atom is -0.390 e. The molecule has 1 aliphatic rings. The molecule has 0 saturated heterocycles. The molecular weight excluding hydrogens is 240 g/mol. The van der Waals surface area contributed by atoms with Gasteiger partial charge < -0.3 is 16.2 Å². The van der Waals surface area contributed by atoms with Crippen molar-refractivity contribution in [3.8, 4) is 0 Å². The number of nitrogens with two attached hydrogens (primary N) is 1. The number of hydrogen-bond donors (Lipinski definition) is 3. The predicted molar refractivity (Wildman–Crippen MR) is 74.5 cm³/mol. The van der Waals surface area contributed by atoms with Crippen molar-refractivity contribution in [2.75, 3.05) is 0 Å². The van der Waals surface area contributed by atoms with E-state index in [1.807, 2.05) is 38.1 Å². The smallest absolute Gasteiger partial charge is 0.237 e. The van der Waals surface area contributed by atoms with E-state index in [4.69, 9.17) is 5.73 Å². The molecule has 0 bridgehead atoms. The summed E-state index contributed by atoms with van der Waals surface area (Å²) in [6.07, 6.45) is 0.671. The van der Waals surface area contributed by atoms with Gasteiger partial charge in [-0.05, 0) is 23.5 Å². The molecule has 0 aliphatic heterocycles. The number of rotatable bonds is 4. The Morgan fingerprint density at radius 2 is 2.16 bits per heavy atom. The first kappa shape index (κ1) is 14.0. The third-order valence-electron chi connectivity index (χ3n) is 3.56. The predicted octanol–water partition coefficient (Wildman–Crippen LogP) is 1.13. The van der Waals surface area contributed by atoms with Crippen LogP contribution in [0.4, 0.5) is 0 Å². The maximum atomic E-state index is 12.0. The first-order valence-electron chi connectivity index (χ1n) is 6.81. The van der Waals surface area contributed by atoms with Crippen molar-refractivity contribution >= 4 is 5.91 Å². The highest BCUT2D eigenvalue weighted by atomic mass is 16.3. The lowest BCUT2D eigenvalue weighted by molar-refractivity contribution is -0.124. The molecule has 4 nitrogen and oxygen atoms in total. The molecule has 104 valence electrons. The molecule has 0 aromatic heterocycles. The fourth-order valence-electron chi connectivity index (χ4n) is 2.62. The lowest BCUT2D eigenvalue weighted by Crippen LogP contribution is -2.44. The molecule has 0 fully saturated rings. The summed E-state index contributed by atoms with van der Waals surface area (Å²) in [7, 11) is 0. The van der Waals surface area contributed by atoms with E-state index in [9.17, 15) is 9.90 Å². The zero-order valence-electron chi connectivity index (χ0n) is 11.5. The van der Waals surface area contributed by atoms with Crippen molar-refractivity contribution in [3.63, 3.8) is 0 Å². The van der Waals surface area contributed by atoms with Crippen LogP contribution in [0.2, 0.25) is 0 Å². The number of aliphatic hydroxyl groups is 1. The SMILES string of the molecule is CC(C)C[C@H](N)C(=O)N[C@@H]1c2ccccc2C[C@@H]1O. The van der Waals surface area contributed by atoms with Gasteiger partial charge in [-0.2, -0.15) is 0 Å². The van der Waals surface area contributed by atoms with Crippen molar-refractivity contribution in [1.82, 2.24) is 5.32 Å². The zero-order valence-corrected chi connectivity index (χ0v) is 11.5. The molecule has 1 aromatic carbocycles. The molecule has 1 aliphatic carbocycles. The minimum atomic E-state index is -0.562. The standard InChI is InChI=1S/C15H22N2O2/c1-9(2)7-12(16)15(19)17-14-11-6-4-3-5-10(11)8-13(14)18/h3-6,9,12-14,18H,7-8,16H2,1-2H3,(H,17,19)/t12-,13-,14+/m0/s1. The molecule has 4 heteroatoms. The van der Waals surface area contributed by atoms with Crippen molar-refractivity contribution in [2.45, 2.75) is 44.9 Å². The van der Waals surface area contributed by atoms with Crippen molar-refractivity contribution in [3.05, 3.63) is 35.4 Å². The number of benzene rings is 1. The van der Waals surface area contributed by atoms with Gasteiger partial charge in [0.2, 0.25) is 5.91 Å². The number of aliphatic hydroxyl groups excluding tert-OH is 1. The summed E-state index contributed by atoms with van der Waals surface area (Å²) in [6, 6.07) is 6.95. The van der Waals surface area contributed by atoms with Crippen LogP contribution < -0.4 is 11.1 Å². The van der Waals surface area contributed by atoms with E-state index >= 15 is 0 Å². The van der Waals surface area contributed by atoms with Crippen LogP contribution in [0.15, 0.2) is 24.3 Å². The van der Waals surface area contributed by atoms with E-state index < -0.39 is 12.1 Å². The Kier molecular flexibility index (Phi) is 4.22. The van der Waals surface area contributed by atoms with Crippen LogP contribution in [0, 0.1) is 5.92 Å². The van der Waals surface area contributed by atoms with Gasteiger partial charge in [-0.25, -0.2) is 0 Å². The summed E-state index contributed by atoms with van der Waals surface area (Å²) < 4.78 is 0. The Morgan fingerprint density at radius 3 is 2.84 bits per heavy atom. The third-order valence-corrected chi connectivity index (χ3v) is 3.56. The number of nitrogens with one attached hydrogen (secondary N) is 1. The summed E-state index contributed by atoms with van der Waals surface area (Å²) >= 11 is 0. The number of carbonyl (C=O) groups is 1. The molecule has 4 N–H and O–H groups in total. The lowest BCUT2D eigenvalue weighted by atomic mass is 10.0. The molecule has 0 heterocycles. The summed E-state index contributed by atoms with van der Waals surface area (Å²) in [5.41, 5.74) is 7.96. The maximum Gasteiger partial charge on any atom is 0.237 e. The first-order chi connectivity index (χ1) is 8.99. The fraction of sp³-hybridized carbons (Fsp3) is 0.533. The fourth-order valence-corrected chi connectivity index (χ4v) is 2.62. The normalized spacial score (nSPS) is 23.2. The van der Waals surface area contributed by atoms with Crippen molar-refractivity contribution in [2.24, 2.45) is 11.7 Å². The van der Waals surface area contributed by atoms with Crippen LogP contribution in [0.1, 0.15) is 37.4 Å². The second kappa shape index (κ2) is 5.72. The Bertz CT molecular complexity index is 459. The molecule has 0 radical (unpaired) electrons. The zero-order chi connectivity index (χ0) is 14.0. The van der Waals surface area contributed by atoms with Crippen LogP contribution in [0.5, 0.6) is 0 Å². The van der Waals surface area contributed by atoms with E-state index in [0.717, 1.165) is 11.1 Å². The second-order valence-electron chi connectivity index (χ2n) is 5.69. The Balaban J connectivity index is 2.05. The summed E-state index contributed by atoms with van der Waals surface area (Å²) in [6.45, 7) is 4.07. The number of carbonyl (C=O) groups excluding carboxylic acids is 1. The van der Waals surface area contributed by atoms with Gasteiger partial charge in [-0.1, -0.05) is 38.1 Å². The van der Waals surface area contributed by atoms with Gasteiger partial charge in [0, 0.05) is 6.42 Å². The highest BCUT2D eigenvalue weighted by Crippen LogP contribution is 2.31. The average molecular weight is 262 g/mol. The second-order valence-corrected chi connectivity index (χ2v) is 5.69. The van der Waals surface area contributed by atoms with Gasteiger partial charge in [0.05, 0.1) is 18.2 Å². The highest BCUT2D eigenvalue weighted by molar-refractivity contribution is 5.82. The van der Waals surface area contributed by atoms with E-state index in [1.165, 1.54) is 0 Å². The van der Waals surface area contributed by atoms with Crippen molar-refractivity contribution < 1.29 is 9.90 Å². The van der Waals surface area contributed by atoms with Gasteiger partial charge in [-0.3, -0.25) is 4.79 Å².